The van der Waals surface area contributed by atoms with Gasteiger partial charge in [-0.1, -0.05) is 68.8 Å². The fourth-order valence-electron chi connectivity index (χ4n) is 10.6. The highest BCUT2D eigenvalue weighted by atomic mass is 16.5. The second-order valence-electron chi connectivity index (χ2n) is 17.8. The quantitative estimate of drug-likeness (QED) is 0.104. The summed E-state index contributed by atoms with van der Waals surface area (Å²) in [6, 6.07) is 22.7. The molecule has 2 amide bonds. The smallest absolute Gasteiger partial charge is 0.407 e. The molecule has 2 aliphatic carbocycles. The van der Waals surface area contributed by atoms with Crippen LogP contribution in [0.25, 0.3) is 33.2 Å². The molecule has 13 nitrogen and oxygen atoms in total. The summed E-state index contributed by atoms with van der Waals surface area (Å²) in [6.45, 7) is 6.79. The number of fused-ring (bicyclic) bond motifs is 6. The minimum atomic E-state index is -0.821. The third-order valence-corrected chi connectivity index (χ3v) is 13.8. The molecule has 9 rings (SSSR count). The van der Waals surface area contributed by atoms with Gasteiger partial charge in [-0.05, 0) is 101 Å². The van der Waals surface area contributed by atoms with Gasteiger partial charge in [0, 0.05) is 48.0 Å². The molecule has 64 heavy (non-hydrogen) atoms. The number of nitrogens with zero attached hydrogens (tertiary/aromatic N) is 2. The number of imidazole rings is 1. The van der Waals surface area contributed by atoms with Gasteiger partial charge in [0.25, 0.3) is 0 Å². The molecule has 2 aliphatic heterocycles. The molecule has 1 aromatic heterocycles. The van der Waals surface area contributed by atoms with Crippen LogP contribution in [0.15, 0.2) is 84.0 Å². The molecule has 5 aromatic rings. The summed E-state index contributed by atoms with van der Waals surface area (Å²) in [4.78, 5) is 66.3. The number of rotatable bonds is 13. The van der Waals surface area contributed by atoms with E-state index in [1.165, 1.54) is 14.2 Å². The van der Waals surface area contributed by atoms with Crippen LogP contribution in [0.1, 0.15) is 87.3 Å². The lowest BCUT2D eigenvalue weighted by Gasteiger charge is -2.26. The number of carbonyl (C=O) groups is 4. The van der Waals surface area contributed by atoms with Crippen LogP contribution in [0.3, 0.4) is 0 Å². The highest BCUT2D eigenvalue weighted by molar-refractivity contribution is 6.06. The van der Waals surface area contributed by atoms with Crippen LogP contribution < -0.4 is 15.4 Å². The Kier molecular flexibility index (Phi) is 12.1. The number of methoxy groups -OCH3 is 2. The topological polar surface area (TPSA) is 170 Å². The number of hydrogen-bond acceptors (Lipinski definition) is 10. The third kappa shape index (κ3) is 8.17. The molecule has 13 heteroatoms. The van der Waals surface area contributed by atoms with E-state index in [9.17, 15) is 19.2 Å². The normalized spacial score (nSPS) is 21.8. The van der Waals surface area contributed by atoms with Crippen LogP contribution in [0.5, 0.6) is 5.75 Å². The number of H-pyrrole nitrogens is 1. The Hall–Kier alpha value is -6.34. The highest BCUT2D eigenvalue weighted by Gasteiger charge is 2.46. The van der Waals surface area contributed by atoms with Crippen molar-refractivity contribution in [3.8, 4) is 28.1 Å². The van der Waals surface area contributed by atoms with Gasteiger partial charge in [-0.2, -0.15) is 0 Å². The van der Waals surface area contributed by atoms with Crippen LogP contribution in [-0.4, -0.2) is 72.4 Å². The number of benzene rings is 4. The van der Waals surface area contributed by atoms with Crippen molar-refractivity contribution in [3.63, 3.8) is 0 Å². The summed E-state index contributed by atoms with van der Waals surface area (Å²) in [5.41, 5.74) is 8.73. The predicted molar refractivity (Wildman–Crippen MR) is 243 cm³/mol. The summed E-state index contributed by atoms with van der Waals surface area (Å²) in [5, 5.41) is 7.71. The van der Waals surface area contributed by atoms with Gasteiger partial charge in [-0.25, -0.2) is 14.6 Å². The van der Waals surface area contributed by atoms with Crippen molar-refractivity contribution < 1.29 is 38.1 Å². The van der Waals surface area contributed by atoms with Crippen molar-refractivity contribution in [1.29, 1.82) is 0 Å². The third-order valence-electron chi connectivity index (χ3n) is 13.8. The Morgan fingerprint density at radius 2 is 1.66 bits per heavy atom. The zero-order valence-corrected chi connectivity index (χ0v) is 36.9. The molecule has 3 heterocycles. The number of nitrogens with one attached hydrogen (secondary N) is 3. The monoisotopic (exact) mass is 865 g/mol. The zero-order chi connectivity index (χ0) is 44.6. The van der Waals surface area contributed by atoms with E-state index in [1.54, 1.807) is 0 Å². The molecule has 7 atom stereocenters. The molecular weight excluding hydrogens is 811 g/mol. The van der Waals surface area contributed by atoms with Crippen molar-refractivity contribution in [2.45, 2.75) is 90.0 Å². The number of Topliss-reactive ketones (excluding diaryl/α,β-unsaturated/α-hetero) is 2. The number of alkyl carbamates (subject to hydrolysis) is 2. The number of ether oxygens (including phenoxy) is 4. The van der Waals surface area contributed by atoms with Gasteiger partial charge in [-0.15, -0.1) is 0 Å². The number of aromatic amines is 1. The lowest BCUT2D eigenvalue weighted by atomic mass is 9.81. The first-order chi connectivity index (χ1) is 31.0. The van der Waals surface area contributed by atoms with E-state index in [0.717, 1.165) is 80.1 Å². The van der Waals surface area contributed by atoms with Crippen LogP contribution in [0, 0.1) is 23.7 Å². The van der Waals surface area contributed by atoms with Gasteiger partial charge in [0.1, 0.15) is 24.2 Å². The summed E-state index contributed by atoms with van der Waals surface area (Å²) in [7, 11) is 2.60. The Labute approximate surface area is 372 Å². The Balaban J connectivity index is 0.937. The lowest BCUT2D eigenvalue weighted by Crippen LogP contribution is -2.48. The first-order valence-corrected chi connectivity index (χ1v) is 22.5. The molecule has 0 saturated heterocycles. The van der Waals surface area contributed by atoms with E-state index in [1.807, 2.05) is 57.3 Å². The average Bonchev–Trinajstić information content (AvgIpc) is 4.15. The van der Waals surface area contributed by atoms with E-state index in [4.69, 9.17) is 28.9 Å². The second-order valence-corrected chi connectivity index (χ2v) is 17.8. The molecule has 2 unspecified atom stereocenters. The molecular formula is C51H55N5O8. The zero-order valence-electron chi connectivity index (χ0n) is 36.9. The van der Waals surface area contributed by atoms with Crippen molar-refractivity contribution in [2.24, 2.45) is 28.7 Å². The highest BCUT2D eigenvalue weighted by Crippen LogP contribution is 2.47. The minimum Gasteiger partial charge on any atom is -0.488 e. The maximum atomic E-state index is 14.2. The van der Waals surface area contributed by atoms with E-state index in [2.05, 4.69) is 58.1 Å². The van der Waals surface area contributed by atoms with Crippen LogP contribution in [-0.2, 0) is 36.8 Å². The standard InChI is InChI=1S/C51H55N5O8/c1-6-63-32-21-37(40(22-32)48(58)45(27(2)3)55-50(59)61-4)42-23-38-36-24-44-39(20-29(36)16-18-41(38)53-42)33-17-15-30(19-31(33)26-64-44)43-25-52-49(54-43)35-14-10-13-34(35)47(57)46(56-51(60)62-5)28-11-8-7-9-12-28/h7-9,11-12,15-20,24-25,27,32,34-35,37,40,45-46H,6,10,13-14,21-23,26H2,1-5H3,(H,52,54)(H,55,59)(H,56,60)/t32-,34?,35+,37+,40?,45-,46+/m0/s1. The Morgan fingerprint density at radius 1 is 0.859 bits per heavy atom. The number of amides is 2. The second kappa shape index (κ2) is 18.0. The summed E-state index contributed by atoms with van der Waals surface area (Å²) in [6.07, 6.45) is 4.80. The van der Waals surface area contributed by atoms with Crippen LogP contribution in [0.2, 0.25) is 0 Å². The van der Waals surface area contributed by atoms with Crippen molar-refractivity contribution >= 4 is 45.9 Å². The molecule has 4 aliphatic rings. The number of ketones is 2. The molecule has 2 saturated carbocycles. The predicted octanol–water partition coefficient (Wildman–Crippen LogP) is 9.35. The summed E-state index contributed by atoms with van der Waals surface area (Å²) >= 11 is 0. The summed E-state index contributed by atoms with van der Waals surface area (Å²) in [5.74, 6) is 0.513. The number of aromatic nitrogens is 2. The molecule has 332 valence electrons. The number of hydrogen-bond donors (Lipinski definition) is 3. The minimum absolute atomic E-state index is 0.00798. The van der Waals surface area contributed by atoms with Gasteiger partial charge < -0.3 is 34.6 Å². The largest absolute Gasteiger partial charge is 0.488 e. The lowest BCUT2D eigenvalue weighted by molar-refractivity contribution is -0.126. The maximum absolute atomic E-state index is 14.2. The average molecular weight is 866 g/mol. The molecule has 0 radical (unpaired) electrons. The number of aliphatic imine (C=N–C) groups is 1. The molecule has 4 aromatic carbocycles. The van der Waals surface area contributed by atoms with E-state index < -0.39 is 24.3 Å². The number of carbonyl (C=O) groups excluding carboxylic acids is 4. The van der Waals surface area contributed by atoms with Gasteiger partial charge in [0.15, 0.2) is 11.6 Å². The Bertz CT molecular complexity index is 2640. The van der Waals surface area contributed by atoms with E-state index in [0.29, 0.717) is 44.5 Å². The van der Waals surface area contributed by atoms with Crippen molar-refractivity contribution in [1.82, 2.24) is 20.6 Å². The maximum Gasteiger partial charge on any atom is 0.407 e. The first kappa shape index (κ1) is 42.9. The van der Waals surface area contributed by atoms with E-state index in [-0.39, 0.29) is 47.3 Å². The van der Waals surface area contributed by atoms with Gasteiger partial charge in [0.2, 0.25) is 0 Å². The molecule has 3 N–H and O–H groups in total. The van der Waals surface area contributed by atoms with Gasteiger partial charge in [0.05, 0.1) is 43.9 Å². The van der Waals surface area contributed by atoms with Gasteiger partial charge >= 0.3 is 12.2 Å². The van der Waals surface area contributed by atoms with Crippen LogP contribution in [0.4, 0.5) is 15.3 Å². The molecule has 2 fully saturated rings. The molecule has 0 bridgehead atoms. The van der Waals surface area contributed by atoms with E-state index >= 15 is 0 Å². The fraction of sp³-hybridized carbons (Fsp3) is 0.412. The van der Waals surface area contributed by atoms with Crippen molar-refractivity contribution in [3.05, 3.63) is 102 Å². The SMILES string of the molecule is CCO[C@@H]1CC(C(=O)[C@@H](NC(=O)OC)C(C)C)[C@H](C2=Nc3ccc4cc5c(cc4c3C2)OCc2cc(-c3cnc([C@@H]4CCCC4C(=O)[C@H](NC(=O)OC)c4ccccc4)[nH]3)ccc2-5)C1. The van der Waals surface area contributed by atoms with Crippen LogP contribution >= 0.6 is 0 Å². The fourth-order valence-corrected chi connectivity index (χ4v) is 10.6. The Morgan fingerprint density at radius 3 is 2.42 bits per heavy atom. The summed E-state index contributed by atoms with van der Waals surface area (Å²) < 4.78 is 22.3. The molecule has 0 spiro atoms. The van der Waals surface area contributed by atoms with Gasteiger partial charge in [-0.3, -0.25) is 14.6 Å². The van der Waals surface area contributed by atoms with Crippen molar-refractivity contribution in [2.75, 3.05) is 20.8 Å². The first-order valence-electron chi connectivity index (χ1n) is 22.5.